The predicted molar refractivity (Wildman–Crippen MR) is 138 cm³/mol. The van der Waals surface area contributed by atoms with E-state index < -0.39 is 47.5 Å². The molecule has 0 aliphatic rings. The fraction of sp³-hybridized carbons (Fsp3) is 0.952. The highest BCUT2D eigenvalue weighted by atomic mass is 35.7. The van der Waals surface area contributed by atoms with Gasteiger partial charge in [-0.2, -0.15) is 16.8 Å². The van der Waals surface area contributed by atoms with Crippen molar-refractivity contribution in [3.63, 3.8) is 0 Å². The van der Waals surface area contributed by atoms with Crippen LogP contribution in [0.1, 0.15) is 96.8 Å². The molecule has 0 aromatic rings. The van der Waals surface area contributed by atoms with Crippen molar-refractivity contribution in [2.45, 2.75) is 109 Å². The molecule has 0 aliphatic heterocycles. The second-order valence-corrected chi connectivity index (χ2v) is 14.9. The zero-order valence-corrected chi connectivity index (χ0v) is 24.5. The normalized spacial score (nSPS) is 14.1. The smallest absolute Gasteiger partial charge is 0.303 e. The highest BCUT2D eigenvalue weighted by molar-refractivity contribution is 8.13. The van der Waals surface area contributed by atoms with Crippen LogP contribution in [0.4, 0.5) is 0 Å². The Morgan fingerprint density at radius 1 is 0.686 bits per heavy atom. The number of halogens is 1. The number of carboxylic acid groups (broad SMARTS) is 1. The minimum Gasteiger partial charge on any atom is -0.481 e. The van der Waals surface area contributed by atoms with Gasteiger partial charge in [-0.1, -0.05) is 71.1 Å². The summed E-state index contributed by atoms with van der Waals surface area (Å²) in [6.45, 7) is 2.13. The van der Waals surface area contributed by atoms with E-state index in [9.17, 15) is 30.0 Å². The Hall–Kier alpha value is -0.470. The van der Waals surface area contributed by atoms with Crippen molar-refractivity contribution < 1.29 is 43.5 Å². The number of carboxylic acids is 1. The number of hydrogen-bond acceptors (Lipinski definition) is 9. The van der Waals surface area contributed by atoms with Crippen LogP contribution in [0.25, 0.3) is 0 Å². The molecular formula is C21H43ClO10S3. The molecule has 0 amide bonds. The summed E-state index contributed by atoms with van der Waals surface area (Å²) in [5.41, 5.74) is 0. The molecule has 0 aliphatic carbocycles. The van der Waals surface area contributed by atoms with Crippen LogP contribution >= 0.6 is 10.7 Å². The first-order chi connectivity index (χ1) is 15.9. The Bertz CT molecular complexity index is 863. The van der Waals surface area contributed by atoms with Crippen LogP contribution in [-0.4, -0.2) is 67.3 Å². The predicted octanol–water partition coefficient (Wildman–Crippen LogP) is 4.43. The fourth-order valence-corrected chi connectivity index (χ4v) is 4.66. The zero-order valence-electron chi connectivity index (χ0n) is 21.3. The number of hydrogen-bond donors (Lipinski definition) is 1. The van der Waals surface area contributed by atoms with Crippen LogP contribution in [0.15, 0.2) is 0 Å². The zero-order chi connectivity index (χ0) is 27.5. The van der Waals surface area contributed by atoms with Crippen LogP contribution < -0.4 is 0 Å². The largest absolute Gasteiger partial charge is 0.481 e. The lowest BCUT2D eigenvalue weighted by Gasteiger charge is -2.25. The standard InChI is InChI=1S/C20H40O8S2.CH3ClO2S/c1-4-5-6-7-9-12-15-18(27-29(2,23)24)19(28-30(3,25)26)16-13-10-8-11-14-17-20(21)22;1-5(2,3)4/h18-19H,4-17H2,1-3H3,(H,21,22);1H3/t18-,19+;/m1./s1. The number of carbonyl (C=O) groups is 1. The van der Waals surface area contributed by atoms with Gasteiger partial charge in [0.1, 0.15) is 12.2 Å². The highest BCUT2D eigenvalue weighted by Gasteiger charge is 2.29. The Morgan fingerprint density at radius 3 is 1.31 bits per heavy atom. The molecule has 0 aromatic carbocycles. The molecule has 0 aromatic heterocycles. The van der Waals surface area contributed by atoms with Gasteiger partial charge < -0.3 is 5.11 Å². The number of aliphatic carboxylic acids is 1. The first kappa shape index (κ1) is 36.7. The first-order valence-corrected chi connectivity index (χ1v) is 18.2. The summed E-state index contributed by atoms with van der Waals surface area (Å²) in [4.78, 5) is 10.5. The van der Waals surface area contributed by atoms with E-state index in [0.29, 0.717) is 25.7 Å². The third kappa shape index (κ3) is 33.5. The molecule has 212 valence electrons. The minimum absolute atomic E-state index is 0.141. The molecule has 14 heteroatoms. The van der Waals surface area contributed by atoms with Crippen molar-refractivity contribution in [2.75, 3.05) is 18.8 Å². The minimum atomic E-state index is -3.77. The van der Waals surface area contributed by atoms with E-state index in [0.717, 1.165) is 76.6 Å². The Balaban J connectivity index is 0. The second-order valence-electron chi connectivity index (χ2n) is 8.62. The van der Waals surface area contributed by atoms with Gasteiger partial charge >= 0.3 is 5.97 Å². The van der Waals surface area contributed by atoms with E-state index >= 15 is 0 Å². The van der Waals surface area contributed by atoms with Gasteiger partial charge in [0.05, 0.1) is 18.8 Å². The molecule has 0 radical (unpaired) electrons. The molecule has 0 unspecified atom stereocenters. The lowest BCUT2D eigenvalue weighted by atomic mass is 9.99. The Labute approximate surface area is 216 Å². The molecule has 0 saturated heterocycles. The van der Waals surface area contributed by atoms with Gasteiger partial charge in [-0.25, -0.2) is 8.42 Å². The Morgan fingerprint density at radius 2 is 1.00 bits per heavy atom. The molecule has 0 spiro atoms. The Kier molecular flexibility index (Phi) is 20.6. The van der Waals surface area contributed by atoms with E-state index in [-0.39, 0.29) is 6.42 Å². The van der Waals surface area contributed by atoms with Gasteiger partial charge in [-0.05, 0) is 19.3 Å². The fourth-order valence-electron chi connectivity index (χ4n) is 3.32. The van der Waals surface area contributed by atoms with Gasteiger partial charge in [-0.15, -0.1) is 0 Å². The average Bonchev–Trinajstić information content (AvgIpc) is 2.64. The van der Waals surface area contributed by atoms with Crippen LogP contribution in [0.5, 0.6) is 0 Å². The van der Waals surface area contributed by atoms with E-state index in [1.807, 2.05) is 0 Å². The summed E-state index contributed by atoms with van der Waals surface area (Å²) in [6.07, 6.45) is 11.8. The van der Waals surface area contributed by atoms with Gasteiger partial charge in [0.15, 0.2) is 0 Å². The van der Waals surface area contributed by atoms with Crippen molar-refractivity contribution >= 4 is 45.9 Å². The van der Waals surface area contributed by atoms with Crippen LogP contribution in [0.3, 0.4) is 0 Å². The number of rotatable bonds is 20. The molecule has 10 nitrogen and oxygen atoms in total. The van der Waals surface area contributed by atoms with Crippen molar-refractivity contribution in [1.82, 2.24) is 0 Å². The van der Waals surface area contributed by atoms with E-state index in [2.05, 4.69) is 17.6 Å². The van der Waals surface area contributed by atoms with Crippen molar-refractivity contribution in [1.29, 1.82) is 0 Å². The van der Waals surface area contributed by atoms with Gasteiger partial charge in [0.25, 0.3) is 20.2 Å². The van der Waals surface area contributed by atoms with E-state index in [1.54, 1.807) is 0 Å². The highest BCUT2D eigenvalue weighted by Crippen LogP contribution is 2.22. The summed E-state index contributed by atoms with van der Waals surface area (Å²) in [6, 6.07) is 0. The topological polar surface area (TPSA) is 158 Å². The van der Waals surface area contributed by atoms with E-state index in [1.165, 1.54) is 0 Å². The number of unbranched alkanes of at least 4 members (excludes halogenated alkanes) is 9. The molecule has 35 heavy (non-hydrogen) atoms. The summed E-state index contributed by atoms with van der Waals surface area (Å²) in [7, 11) is -6.22. The maximum atomic E-state index is 11.7. The van der Waals surface area contributed by atoms with Crippen LogP contribution in [-0.2, 0) is 42.4 Å². The molecule has 0 bridgehead atoms. The third-order valence-electron chi connectivity index (χ3n) is 4.73. The van der Waals surface area contributed by atoms with Gasteiger partial charge in [0, 0.05) is 17.1 Å². The monoisotopic (exact) mass is 586 g/mol. The third-order valence-corrected chi connectivity index (χ3v) is 5.93. The van der Waals surface area contributed by atoms with E-state index in [4.69, 9.17) is 13.5 Å². The SMILES string of the molecule is CCCCCCCC[C@@H](OS(C)(=O)=O)[C@H](CCCCCCCC(=O)O)OS(C)(=O)=O.CS(=O)(=O)Cl. The average molecular weight is 587 g/mol. The van der Waals surface area contributed by atoms with Gasteiger partial charge in [-0.3, -0.25) is 13.2 Å². The first-order valence-electron chi connectivity index (χ1n) is 11.8. The van der Waals surface area contributed by atoms with Gasteiger partial charge in [0.2, 0.25) is 9.05 Å². The summed E-state index contributed by atoms with van der Waals surface area (Å²) in [5.74, 6) is -0.813. The molecule has 0 heterocycles. The maximum Gasteiger partial charge on any atom is 0.303 e. The summed E-state index contributed by atoms with van der Waals surface area (Å²) in [5, 5.41) is 8.65. The molecule has 1 N–H and O–H groups in total. The second kappa shape index (κ2) is 19.6. The maximum absolute atomic E-state index is 11.7. The van der Waals surface area contributed by atoms with Crippen LogP contribution in [0.2, 0.25) is 0 Å². The molecule has 0 saturated carbocycles. The van der Waals surface area contributed by atoms with Crippen molar-refractivity contribution in [3.05, 3.63) is 0 Å². The lowest BCUT2D eigenvalue weighted by Crippen LogP contribution is -2.35. The van der Waals surface area contributed by atoms with Crippen molar-refractivity contribution in [3.8, 4) is 0 Å². The molecule has 0 rings (SSSR count). The van der Waals surface area contributed by atoms with Crippen molar-refractivity contribution in [2.24, 2.45) is 0 Å². The molecule has 0 fully saturated rings. The molecule has 2 atom stereocenters. The lowest BCUT2D eigenvalue weighted by molar-refractivity contribution is -0.137. The molecular weight excluding hydrogens is 544 g/mol. The summed E-state index contributed by atoms with van der Waals surface area (Å²) < 4.78 is 76.1. The summed E-state index contributed by atoms with van der Waals surface area (Å²) >= 11 is 0. The quantitative estimate of drug-likeness (QED) is 0.123. The van der Waals surface area contributed by atoms with Crippen LogP contribution in [0, 0.1) is 0 Å².